The number of benzene rings is 2. The van der Waals surface area contributed by atoms with Gasteiger partial charge in [-0.2, -0.15) is 0 Å². The molecule has 9 nitrogen and oxygen atoms in total. The van der Waals surface area contributed by atoms with Crippen molar-refractivity contribution in [3.63, 3.8) is 0 Å². The molecule has 1 aliphatic rings. The number of carbonyl (C=O) groups excluding carboxylic acids is 4. The average molecular weight is 583 g/mol. The predicted octanol–water partition coefficient (Wildman–Crippen LogP) is 4.32. The Kier molecular flexibility index (Phi) is 10.2. The van der Waals surface area contributed by atoms with E-state index >= 15 is 0 Å². The summed E-state index contributed by atoms with van der Waals surface area (Å²) in [7, 11) is 0. The first-order chi connectivity index (χ1) is 18.8. The van der Waals surface area contributed by atoms with Crippen LogP contribution in [0.15, 0.2) is 30.3 Å². The number of hydrogen-bond acceptors (Lipinski definition) is 9. The van der Waals surface area contributed by atoms with Crippen molar-refractivity contribution in [1.82, 2.24) is 0 Å². The maximum Gasteiger partial charge on any atom is 0.303 e. The van der Waals surface area contributed by atoms with Crippen LogP contribution < -0.4 is 0 Å². The molecule has 0 radical (unpaired) electrons. The Morgan fingerprint density at radius 2 is 1.40 bits per heavy atom. The minimum absolute atomic E-state index is 0.0590. The molecule has 5 atom stereocenters. The molecule has 0 unspecified atom stereocenters. The van der Waals surface area contributed by atoms with E-state index in [1.807, 2.05) is 0 Å². The second-order valence-corrected chi connectivity index (χ2v) is 9.72. The van der Waals surface area contributed by atoms with Crippen LogP contribution in [-0.2, 0) is 49.3 Å². The number of halogens is 3. The van der Waals surface area contributed by atoms with Crippen molar-refractivity contribution in [2.75, 3.05) is 6.61 Å². The molecule has 1 aliphatic heterocycles. The Balaban J connectivity index is 2.09. The molecule has 1 saturated heterocycles. The van der Waals surface area contributed by atoms with Crippen LogP contribution in [0.5, 0.6) is 0 Å². The van der Waals surface area contributed by atoms with Crippen molar-refractivity contribution in [3.8, 4) is 0 Å². The summed E-state index contributed by atoms with van der Waals surface area (Å²) in [5.41, 5.74) is 0.973. The third-order valence-corrected chi connectivity index (χ3v) is 6.49. The van der Waals surface area contributed by atoms with Crippen LogP contribution in [0, 0.1) is 18.6 Å². The highest BCUT2D eigenvalue weighted by Crippen LogP contribution is 2.39. The van der Waals surface area contributed by atoms with Crippen molar-refractivity contribution in [3.05, 3.63) is 69.2 Å². The van der Waals surface area contributed by atoms with Gasteiger partial charge in [-0.15, -0.1) is 0 Å². The average Bonchev–Trinajstić information content (AvgIpc) is 2.86. The van der Waals surface area contributed by atoms with Gasteiger partial charge >= 0.3 is 23.9 Å². The van der Waals surface area contributed by atoms with Gasteiger partial charge in [0.05, 0.1) is 0 Å². The monoisotopic (exact) mass is 582 g/mol. The zero-order valence-corrected chi connectivity index (χ0v) is 23.3. The Morgan fingerprint density at radius 3 is 2.00 bits per heavy atom. The molecule has 0 aliphatic carbocycles. The van der Waals surface area contributed by atoms with Gasteiger partial charge in [0.25, 0.3) is 0 Å². The summed E-state index contributed by atoms with van der Waals surface area (Å²) in [4.78, 5) is 47.7. The summed E-state index contributed by atoms with van der Waals surface area (Å²) in [6.45, 7) is 5.61. The summed E-state index contributed by atoms with van der Waals surface area (Å²) < 4.78 is 56.4. The molecule has 0 amide bonds. The standard InChI is InChI=1S/C28H29ClF2O9/c1-13-6-7-18(24(31)23(13)30)10-20-11-19(8-9-21(20)29)25-27(38-16(4)34)28(39-17(5)35)26(37-15(3)33)22(40-25)12-36-14(2)32/h6-9,11,22,25-28H,10,12H2,1-5H3/t22-,25+,26-,27+,28+/m1/s1. The van der Waals surface area contributed by atoms with Crippen LogP contribution in [0.2, 0.25) is 5.02 Å². The molecule has 1 fully saturated rings. The second kappa shape index (κ2) is 13.2. The van der Waals surface area contributed by atoms with Gasteiger partial charge in [0.2, 0.25) is 0 Å². The Morgan fingerprint density at radius 1 is 0.800 bits per heavy atom. The quantitative estimate of drug-likeness (QED) is 0.332. The minimum atomic E-state index is -1.35. The fraction of sp³-hybridized carbons (Fsp3) is 0.429. The molecule has 0 bridgehead atoms. The molecule has 12 heteroatoms. The van der Waals surface area contributed by atoms with Crippen molar-refractivity contribution in [2.45, 2.75) is 71.6 Å². The molecule has 2 aromatic rings. The maximum absolute atomic E-state index is 14.6. The third-order valence-electron chi connectivity index (χ3n) is 6.13. The van der Waals surface area contributed by atoms with Gasteiger partial charge in [0.15, 0.2) is 29.9 Å². The summed E-state index contributed by atoms with van der Waals surface area (Å²) in [5.74, 6) is -4.88. The van der Waals surface area contributed by atoms with Crippen molar-refractivity contribution in [2.24, 2.45) is 0 Å². The third kappa shape index (κ3) is 7.54. The van der Waals surface area contributed by atoms with Crippen LogP contribution in [0.25, 0.3) is 0 Å². The van der Waals surface area contributed by atoms with Gasteiger partial charge in [-0.25, -0.2) is 8.78 Å². The van der Waals surface area contributed by atoms with E-state index in [0.29, 0.717) is 11.1 Å². The molecule has 3 rings (SSSR count). The van der Waals surface area contributed by atoms with Crippen LogP contribution in [0.4, 0.5) is 8.78 Å². The predicted molar refractivity (Wildman–Crippen MR) is 136 cm³/mol. The number of carbonyl (C=O) groups is 4. The number of aryl methyl sites for hydroxylation is 1. The molecule has 1 heterocycles. The summed E-state index contributed by atoms with van der Waals surface area (Å²) in [6.07, 6.45) is -6.35. The Hall–Kier alpha value is -3.57. The van der Waals surface area contributed by atoms with E-state index in [0.717, 1.165) is 20.8 Å². The lowest BCUT2D eigenvalue weighted by Crippen LogP contribution is -2.59. The fourth-order valence-corrected chi connectivity index (χ4v) is 4.62. The summed E-state index contributed by atoms with van der Waals surface area (Å²) >= 11 is 6.39. The van der Waals surface area contributed by atoms with Gasteiger partial charge < -0.3 is 23.7 Å². The highest BCUT2D eigenvalue weighted by atomic mass is 35.5. The van der Waals surface area contributed by atoms with Gasteiger partial charge in [-0.1, -0.05) is 35.9 Å². The van der Waals surface area contributed by atoms with Crippen molar-refractivity contribution >= 4 is 35.5 Å². The van der Waals surface area contributed by atoms with E-state index in [9.17, 15) is 28.0 Å². The lowest BCUT2D eigenvalue weighted by atomic mass is 9.89. The lowest BCUT2D eigenvalue weighted by Gasteiger charge is -2.44. The first kappa shape index (κ1) is 31.0. The minimum Gasteiger partial charge on any atom is -0.463 e. The largest absolute Gasteiger partial charge is 0.463 e. The molecule has 0 spiro atoms. The maximum atomic E-state index is 14.6. The van der Waals surface area contributed by atoms with Crippen molar-refractivity contribution < 1.29 is 51.6 Å². The zero-order valence-electron chi connectivity index (χ0n) is 22.5. The Bertz CT molecular complexity index is 1300. The smallest absolute Gasteiger partial charge is 0.303 e. The number of hydrogen-bond donors (Lipinski definition) is 0. The highest BCUT2D eigenvalue weighted by Gasteiger charge is 2.52. The molecular weight excluding hydrogens is 554 g/mol. The topological polar surface area (TPSA) is 114 Å². The summed E-state index contributed by atoms with van der Waals surface area (Å²) in [6, 6.07) is 7.51. The molecular formula is C28H29ClF2O9. The van der Waals surface area contributed by atoms with Gasteiger partial charge in [-0.3, -0.25) is 19.2 Å². The molecule has 2 aromatic carbocycles. The molecule has 216 valence electrons. The molecule has 0 saturated carbocycles. The lowest BCUT2D eigenvalue weighted by molar-refractivity contribution is -0.254. The van der Waals surface area contributed by atoms with Gasteiger partial charge in [0.1, 0.15) is 18.8 Å². The van der Waals surface area contributed by atoms with Gasteiger partial charge in [-0.05, 0) is 35.2 Å². The second-order valence-electron chi connectivity index (χ2n) is 9.32. The van der Waals surface area contributed by atoms with Crippen molar-refractivity contribution in [1.29, 1.82) is 0 Å². The molecule has 40 heavy (non-hydrogen) atoms. The Labute approximate surface area is 234 Å². The van der Waals surface area contributed by atoms with Crippen LogP contribution in [0.1, 0.15) is 56.1 Å². The zero-order chi connectivity index (χ0) is 29.7. The first-order valence-corrected chi connectivity index (χ1v) is 12.7. The van der Waals surface area contributed by atoms with Gasteiger partial charge in [0, 0.05) is 39.1 Å². The van der Waals surface area contributed by atoms with E-state index in [1.54, 1.807) is 12.1 Å². The normalized spacial score (nSPS) is 22.2. The van der Waals surface area contributed by atoms with E-state index in [1.165, 1.54) is 32.0 Å². The SMILES string of the molecule is CC(=O)OC[C@H]1O[C@@H](c2ccc(Cl)c(Cc3ccc(C)c(F)c3F)c2)[C@H](OC(C)=O)[C@@H](OC(C)=O)[C@@H]1OC(C)=O. The molecule has 0 aromatic heterocycles. The fourth-order valence-electron chi connectivity index (χ4n) is 4.43. The van der Waals surface area contributed by atoms with Crippen LogP contribution in [0.3, 0.4) is 0 Å². The highest BCUT2D eigenvalue weighted by molar-refractivity contribution is 6.31. The molecule has 0 N–H and O–H groups in total. The van der Waals surface area contributed by atoms with Crippen LogP contribution in [-0.4, -0.2) is 54.9 Å². The van der Waals surface area contributed by atoms with E-state index < -0.39 is 66.0 Å². The van der Waals surface area contributed by atoms with E-state index in [2.05, 4.69) is 0 Å². The summed E-state index contributed by atoms with van der Waals surface area (Å²) in [5, 5.41) is 0.245. The van der Waals surface area contributed by atoms with E-state index in [4.69, 9.17) is 35.3 Å². The number of esters is 4. The van der Waals surface area contributed by atoms with Crippen LogP contribution >= 0.6 is 11.6 Å². The van der Waals surface area contributed by atoms with E-state index in [-0.39, 0.29) is 29.2 Å². The first-order valence-electron chi connectivity index (χ1n) is 12.3. The number of ether oxygens (including phenoxy) is 5. The number of rotatable bonds is 8.